The summed E-state index contributed by atoms with van der Waals surface area (Å²) in [6, 6.07) is 20.2. The zero-order chi connectivity index (χ0) is 26.2. The number of fused-ring (bicyclic) bond motifs is 4. The average Bonchev–Trinajstić information content (AvgIpc) is 3.35. The molecule has 1 amide bonds. The Morgan fingerprint density at radius 3 is 2.24 bits per heavy atom. The van der Waals surface area contributed by atoms with E-state index in [0.717, 1.165) is 27.8 Å². The van der Waals surface area contributed by atoms with Gasteiger partial charge >= 0.3 is 12.1 Å². The second-order valence-electron chi connectivity index (χ2n) is 9.79. The predicted octanol–water partition coefficient (Wildman–Crippen LogP) is 5.67. The summed E-state index contributed by atoms with van der Waals surface area (Å²) in [6.45, 7) is 5.84. The van der Waals surface area contributed by atoms with Crippen molar-refractivity contribution in [2.75, 3.05) is 6.61 Å². The molecule has 0 saturated heterocycles. The van der Waals surface area contributed by atoms with Gasteiger partial charge in [0.15, 0.2) is 11.5 Å². The van der Waals surface area contributed by atoms with E-state index >= 15 is 0 Å². The smallest absolute Gasteiger partial charge is 0.407 e. The van der Waals surface area contributed by atoms with E-state index in [-0.39, 0.29) is 18.9 Å². The molecule has 3 aromatic rings. The van der Waals surface area contributed by atoms with Gasteiger partial charge in [-0.3, -0.25) is 0 Å². The summed E-state index contributed by atoms with van der Waals surface area (Å²) in [5, 5.41) is 12.3. The van der Waals surface area contributed by atoms with E-state index in [9.17, 15) is 14.7 Å². The Labute approximate surface area is 215 Å². The Kier molecular flexibility index (Phi) is 6.38. The number of hydrogen-bond donors (Lipinski definition) is 2. The largest absolute Gasteiger partial charge is 0.480 e. The lowest BCUT2D eigenvalue weighted by Crippen LogP contribution is -2.42. The van der Waals surface area contributed by atoms with Gasteiger partial charge in [0.05, 0.1) is 0 Å². The SMILES string of the molecule is CC(C)=CC1(C)Oc2ccc(C[C@@H](NC(=O)OCC3c4ccccc4-c4ccccc43)C(=O)O)cc2O1. The van der Waals surface area contributed by atoms with Gasteiger partial charge < -0.3 is 24.6 Å². The third-order valence-corrected chi connectivity index (χ3v) is 6.56. The highest BCUT2D eigenvalue weighted by Gasteiger charge is 2.35. The fourth-order valence-electron chi connectivity index (χ4n) is 5.10. The zero-order valence-corrected chi connectivity index (χ0v) is 21.0. The highest BCUT2D eigenvalue weighted by molar-refractivity contribution is 5.81. The molecule has 190 valence electrons. The quantitative estimate of drug-likeness (QED) is 0.407. The normalized spacial score (nSPS) is 17.9. The van der Waals surface area contributed by atoms with Crippen LogP contribution in [0.3, 0.4) is 0 Å². The molecule has 0 spiro atoms. The van der Waals surface area contributed by atoms with E-state index < -0.39 is 23.9 Å². The molecule has 2 atom stereocenters. The van der Waals surface area contributed by atoms with Gasteiger partial charge in [-0.2, -0.15) is 0 Å². The van der Waals surface area contributed by atoms with Crippen molar-refractivity contribution in [1.29, 1.82) is 0 Å². The van der Waals surface area contributed by atoms with Gasteiger partial charge in [-0.1, -0.05) is 60.2 Å². The Balaban J connectivity index is 1.24. The molecule has 5 rings (SSSR count). The van der Waals surface area contributed by atoms with Crippen molar-refractivity contribution in [2.45, 2.75) is 44.9 Å². The summed E-state index contributed by atoms with van der Waals surface area (Å²) in [7, 11) is 0. The van der Waals surface area contributed by atoms with Crippen LogP contribution in [0.2, 0.25) is 0 Å². The summed E-state index contributed by atoms with van der Waals surface area (Å²) in [5.74, 6) is -1.06. The second kappa shape index (κ2) is 9.65. The van der Waals surface area contributed by atoms with E-state index in [0.29, 0.717) is 17.1 Å². The van der Waals surface area contributed by atoms with Crippen molar-refractivity contribution in [1.82, 2.24) is 5.32 Å². The molecule has 1 aliphatic carbocycles. The van der Waals surface area contributed by atoms with Crippen molar-refractivity contribution in [3.63, 3.8) is 0 Å². The monoisotopic (exact) mass is 499 g/mol. The van der Waals surface area contributed by atoms with Gasteiger partial charge in [-0.05, 0) is 59.9 Å². The number of aliphatic carboxylic acids is 1. The Bertz CT molecular complexity index is 1350. The van der Waals surface area contributed by atoms with Crippen LogP contribution >= 0.6 is 0 Å². The van der Waals surface area contributed by atoms with Crippen molar-refractivity contribution in [3.8, 4) is 22.6 Å². The molecule has 7 nitrogen and oxygen atoms in total. The number of amides is 1. The number of alkyl carbamates (subject to hydrolysis) is 1. The fraction of sp³-hybridized carbons (Fsp3) is 0.267. The number of allylic oxidation sites excluding steroid dienone is 1. The third kappa shape index (κ3) is 5.03. The topological polar surface area (TPSA) is 94.1 Å². The lowest BCUT2D eigenvalue weighted by Gasteiger charge is -2.19. The van der Waals surface area contributed by atoms with Crippen LogP contribution in [0.5, 0.6) is 11.5 Å². The van der Waals surface area contributed by atoms with Gasteiger partial charge in [0, 0.05) is 19.3 Å². The van der Waals surface area contributed by atoms with Crippen LogP contribution in [0.4, 0.5) is 4.79 Å². The first-order chi connectivity index (χ1) is 17.7. The minimum atomic E-state index is -1.17. The van der Waals surface area contributed by atoms with E-state index in [1.54, 1.807) is 18.2 Å². The zero-order valence-electron chi connectivity index (χ0n) is 21.0. The Morgan fingerprint density at radius 2 is 1.62 bits per heavy atom. The van der Waals surface area contributed by atoms with E-state index in [1.807, 2.05) is 63.2 Å². The van der Waals surface area contributed by atoms with Crippen molar-refractivity contribution < 1.29 is 28.9 Å². The summed E-state index contributed by atoms with van der Waals surface area (Å²) in [5.41, 5.74) is 6.17. The number of carboxylic acids is 1. The van der Waals surface area contributed by atoms with Crippen molar-refractivity contribution in [3.05, 3.63) is 95.1 Å². The first kappa shape index (κ1) is 24.4. The van der Waals surface area contributed by atoms with E-state index in [2.05, 4.69) is 17.4 Å². The highest BCUT2D eigenvalue weighted by atomic mass is 16.7. The van der Waals surface area contributed by atoms with Crippen LogP contribution in [0.15, 0.2) is 78.4 Å². The van der Waals surface area contributed by atoms with Crippen LogP contribution in [-0.4, -0.2) is 35.6 Å². The first-order valence-corrected chi connectivity index (χ1v) is 12.2. The van der Waals surface area contributed by atoms with Crippen LogP contribution in [0.25, 0.3) is 11.1 Å². The van der Waals surface area contributed by atoms with Crippen LogP contribution in [-0.2, 0) is 16.0 Å². The maximum atomic E-state index is 12.7. The summed E-state index contributed by atoms with van der Waals surface area (Å²) in [4.78, 5) is 24.6. The molecule has 0 fully saturated rings. The molecule has 7 heteroatoms. The molecular weight excluding hydrogens is 470 g/mol. The number of nitrogens with one attached hydrogen (secondary N) is 1. The van der Waals surface area contributed by atoms with Crippen LogP contribution in [0.1, 0.15) is 43.4 Å². The number of ether oxygens (including phenoxy) is 3. The molecule has 1 aliphatic heterocycles. The number of carbonyl (C=O) groups is 2. The van der Waals surface area contributed by atoms with Gasteiger partial charge in [-0.15, -0.1) is 0 Å². The number of carbonyl (C=O) groups excluding carboxylic acids is 1. The molecule has 2 N–H and O–H groups in total. The lowest BCUT2D eigenvalue weighted by molar-refractivity contribution is -0.139. The van der Waals surface area contributed by atoms with Crippen LogP contribution in [0, 0.1) is 0 Å². The molecule has 0 bridgehead atoms. The number of carboxylic acid groups (broad SMARTS) is 1. The summed E-state index contributed by atoms with van der Waals surface area (Å²) < 4.78 is 17.4. The van der Waals surface area contributed by atoms with Crippen molar-refractivity contribution in [2.24, 2.45) is 0 Å². The van der Waals surface area contributed by atoms with Crippen LogP contribution < -0.4 is 14.8 Å². The minimum absolute atomic E-state index is 0.0650. The Morgan fingerprint density at radius 1 is 1.00 bits per heavy atom. The maximum absolute atomic E-state index is 12.7. The molecular formula is C30H29NO6. The molecule has 0 radical (unpaired) electrons. The molecule has 3 aromatic carbocycles. The fourth-order valence-corrected chi connectivity index (χ4v) is 5.10. The first-order valence-electron chi connectivity index (χ1n) is 12.2. The molecule has 0 saturated carbocycles. The lowest BCUT2D eigenvalue weighted by atomic mass is 9.98. The summed E-state index contributed by atoms with van der Waals surface area (Å²) in [6.07, 6.45) is 1.17. The standard InChI is InChI=1S/C30H29NO6/c1-18(2)16-30(3)36-26-13-12-19(15-27(26)37-30)14-25(28(32)33)31-29(34)35-17-24-22-10-6-4-8-20(22)21-9-5-7-11-23(21)24/h4-13,15-16,24-25H,14,17H2,1-3H3,(H,31,34)(H,32,33)/t25-,30?/m1/s1. The minimum Gasteiger partial charge on any atom is -0.480 e. The van der Waals surface area contributed by atoms with E-state index in [1.165, 1.54) is 0 Å². The molecule has 1 heterocycles. The number of rotatable bonds is 7. The van der Waals surface area contributed by atoms with Gasteiger partial charge in [0.25, 0.3) is 5.79 Å². The number of benzene rings is 3. The number of hydrogen-bond acceptors (Lipinski definition) is 5. The molecule has 1 unspecified atom stereocenters. The average molecular weight is 500 g/mol. The van der Waals surface area contributed by atoms with Gasteiger partial charge in [-0.25, -0.2) is 9.59 Å². The second-order valence-corrected chi connectivity index (χ2v) is 9.79. The van der Waals surface area contributed by atoms with E-state index in [4.69, 9.17) is 14.2 Å². The third-order valence-electron chi connectivity index (χ3n) is 6.56. The van der Waals surface area contributed by atoms with Gasteiger partial charge in [0.1, 0.15) is 12.6 Å². The molecule has 0 aromatic heterocycles. The van der Waals surface area contributed by atoms with Gasteiger partial charge in [0.2, 0.25) is 0 Å². The molecule has 37 heavy (non-hydrogen) atoms. The summed E-state index contributed by atoms with van der Waals surface area (Å²) >= 11 is 0. The highest BCUT2D eigenvalue weighted by Crippen LogP contribution is 2.44. The Hall–Kier alpha value is -4.26. The predicted molar refractivity (Wildman–Crippen MR) is 139 cm³/mol. The van der Waals surface area contributed by atoms with Crippen molar-refractivity contribution >= 4 is 12.1 Å². The molecule has 2 aliphatic rings. The maximum Gasteiger partial charge on any atom is 0.407 e.